The third kappa shape index (κ3) is 5.83. The standard InChI is InChI=1S/C15H22N2O4/c1-11(2)17(9-8-15(19)20)10-14(18)16-12-6-4-5-7-13(12)21-3/h4-7,11H,8-10H2,1-3H3,(H,16,18)(H,19,20). The highest BCUT2D eigenvalue weighted by Crippen LogP contribution is 2.22. The summed E-state index contributed by atoms with van der Waals surface area (Å²) in [6.45, 7) is 4.34. The Morgan fingerprint density at radius 1 is 1.33 bits per heavy atom. The van der Waals surface area contributed by atoms with Crippen LogP contribution in [0.2, 0.25) is 0 Å². The molecule has 0 radical (unpaired) electrons. The lowest BCUT2D eigenvalue weighted by Gasteiger charge is -2.25. The van der Waals surface area contributed by atoms with Crippen LogP contribution in [-0.4, -0.2) is 48.1 Å². The van der Waals surface area contributed by atoms with Gasteiger partial charge in [-0.1, -0.05) is 12.1 Å². The molecule has 1 amide bonds. The summed E-state index contributed by atoms with van der Waals surface area (Å²) < 4.78 is 5.17. The number of ether oxygens (including phenoxy) is 1. The molecular weight excluding hydrogens is 272 g/mol. The van der Waals surface area contributed by atoms with E-state index >= 15 is 0 Å². The maximum atomic E-state index is 12.1. The summed E-state index contributed by atoms with van der Waals surface area (Å²) >= 11 is 0. The van der Waals surface area contributed by atoms with Gasteiger partial charge >= 0.3 is 5.97 Å². The van der Waals surface area contributed by atoms with Crippen molar-refractivity contribution in [2.24, 2.45) is 0 Å². The van der Waals surface area contributed by atoms with Crippen molar-refractivity contribution < 1.29 is 19.4 Å². The number of carbonyl (C=O) groups excluding carboxylic acids is 1. The van der Waals surface area contributed by atoms with Crippen LogP contribution < -0.4 is 10.1 Å². The van der Waals surface area contributed by atoms with Gasteiger partial charge in [-0.05, 0) is 26.0 Å². The Hall–Kier alpha value is -2.08. The van der Waals surface area contributed by atoms with Gasteiger partial charge in [0.15, 0.2) is 0 Å². The molecular formula is C15H22N2O4. The van der Waals surface area contributed by atoms with Gasteiger partial charge in [0.25, 0.3) is 0 Å². The molecule has 0 spiro atoms. The molecule has 0 aromatic heterocycles. The van der Waals surface area contributed by atoms with E-state index in [2.05, 4.69) is 5.32 Å². The number of nitrogens with zero attached hydrogens (tertiary/aromatic N) is 1. The minimum atomic E-state index is -0.870. The molecule has 6 nitrogen and oxygen atoms in total. The zero-order valence-corrected chi connectivity index (χ0v) is 12.6. The SMILES string of the molecule is COc1ccccc1NC(=O)CN(CCC(=O)O)C(C)C. The first kappa shape index (κ1) is 17.0. The highest BCUT2D eigenvalue weighted by molar-refractivity contribution is 5.93. The van der Waals surface area contributed by atoms with Crippen LogP contribution in [0.15, 0.2) is 24.3 Å². The Morgan fingerprint density at radius 3 is 2.57 bits per heavy atom. The second-order valence-electron chi connectivity index (χ2n) is 4.96. The quantitative estimate of drug-likeness (QED) is 0.764. The van der Waals surface area contributed by atoms with Gasteiger partial charge in [-0.2, -0.15) is 0 Å². The van der Waals surface area contributed by atoms with Crippen LogP contribution in [0.25, 0.3) is 0 Å². The van der Waals surface area contributed by atoms with Crippen molar-refractivity contribution in [1.82, 2.24) is 4.90 Å². The maximum Gasteiger partial charge on any atom is 0.304 e. The molecule has 0 heterocycles. The van der Waals surface area contributed by atoms with Crippen LogP contribution in [-0.2, 0) is 9.59 Å². The number of nitrogens with one attached hydrogen (secondary N) is 1. The lowest BCUT2D eigenvalue weighted by molar-refractivity contribution is -0.137. The monoisotopic (exact) mass is 294 g/mol. The first-order valence-electron chi connectivity index (χ1n) is 6.82. The average molecular weight is 294 g/mol. The lowest BCUT2D eigenvalue weighted by atomic mass is 10.2. The zero-order valence-electron chi connectivity index (χ0n) is 12.6. The van der Waals surface area contributed by atoms with E-state index in [0.29, 0.717) is 18.0 Å². The van der Waals surface area contributed by atoms with Crippen molar-refractivity contribution in [2.45, 2.75) is 26.3 Å². The number of carboxylic acids is 1. The van der Waals surface area contributed by atoms with E-state index in [1.165, 1.54) is 7.11 Å². The van der Waals surface area contributed by atoms with Crippen molar-refractivity contribution in [2.75, 3.05) is 25.5 Å². The summed E-state index contributed by atoms with van der Waals surface area (Å²) in [5.74, 6) is -0.475. The van der Waals surface area contributed by atoms with E-state index in [0.717, 1.165) is 0 Å². The molecule has 1 aromatic carbocycles. The largest absolute Gasteiger partial charge is 0.495 e. The molecule has 0 aliphatic rings. The van der Waals surface area contributed by atoms with Gasteiger partial charge in [-0.15, -0.1) is 0 Å². The molecule has 0 saturated heterocycles. The number of amides is 1. The third-order valence-corrected chi connectivity index (χ3v) is 3.07. The van der Waals surface area contributed by atoms with E-state index < -0.39 is 5.97 Å². The topological polar surface area (TPSA) is 78.9 Å². The van der Waals surface area contributed by atoms with E-state index in [4.69, 9.17) is 9.84 Å². The van der Waals surface area contributed by atoms with Crippen molar-refractivity contribution in [3.8, 4) is 5.75 Å². The number of aliphatic carboxylic acids is 1. The van der Waals surface area contributed by atoms with Crippen LogP contribution in [0.3, 0.4) is 0 Å². The van der Waals surface area contributed by atoms with E-state index in [1.54, 1.807) is 12.1 Å². The number of hydrogen-bond acceptors (Lipinski definition) is 4. The molecule has 0 atom stereocenters. The summed E-state index contributed by atoms with van der Waals surface area (Å²) in [6, 6.07) is 7.24. The summed E-state index contributed by atoms with van der Waals surface area (Å²) in [5, 5.41) is 11.5. The van der Waals surface area contributed by atoms with E-state index in [9.17, 15) is 9.59 Å². The van der Waals surface area contributed by atoms with Crippen LogP contribution in [0.1, 0.15) is 20.3 Å². The molecule has 21 heavy (non-hydrogen) atoms. The molecule has 0 saturated carbocycles. The van der Waals surface area contributed by atoms with Gasteiger partial charge < -0.3 is 15.2 Å². The first-order chi connectivity index (χ1) is 9.93. The van der Waals surface area contributed by atoms with Crippen LogP contribution in [0, 0.1) is 0 Å². The molecule has 0 aliphatic heterocycles. The van der Waals surface area contributed by atoms with Crippen molar-refractivity contribution in [3.05, 3.63) is 24.3 Å². The highest BCUT2D eigenvalue weighted by Gasteiger charge is 2.16. The minimum Gasteiger partial charge on any atom is -0.495 e. The van der Waals surface area contributed by atoms with Gasteiger partial charge in [0.2, 0.25) is 5.91 Å². The molecule has 1 rings (SSSR count). The molecule has 0 unspecified atom stereocenters. The number of benzene rings is 1. The summed E-state index contributed by atoms with van der Waals surface area (Å²) in [5.41, 5.74) is 0.604. The Morgan fingerprint density at radius 2 is 2.00 bits per heavy atom. The fourth-order valence-electron chi connectivity index (χ4n) is 1.88. The summed E-state index contributed by atoms with van der Waals surface area (Å²) in [7, 11) is 1.54. The number of anilines is 1. The maximum absolute atomic E-state index is 12.1. The molecule has 1 aromatic rings. The second-order valence-corrected chi connectivity index (χ2v) is 4.96. The lowest BCUT2D eigenvalue weighted by Crippen LogP contribution is -2.39. The molecule has 0 bridgehead atoms. The van der Waals surface area contributed by atoms with E-state index in [1.807, 2.05) is 30.9 Å². The Balaban J connectivity index is 2.63. The molecule has 6 heteroatoms. The number of carbonyl (C=O) groups is 2. The number of methoxy groups -OCH3 is 1. The summed E-state index contributed by atoms with van der Waals surface area (Å²) in [4.78, 5) is 24.5. The number of hydrogen-bond donors (Lipinski definition) is 2. The van der Waals surface area contributed by atoms with Crippen LogP contribution >= 0.6 is 0 Å². The molecule has 2 N–H and O–H groups in total. The normalized spacial score (nSPS) is 10.7. The van der Waals surface area contributed by atoms with Crippen molar-refractivity contribution in [1.29, 1.82) is 0 Å². The fourth-order valence-corrected chi connectivity index (χ4v) is 1.88. The number of para-hydroxylation sites is 2. The van der Waals surface area contributed by atoms with Gasteiger partial charge in [-0.25, -0.2) is 0 Å². The smallest absolute Gasteiger partial charge is 0.304 e. The van der Waals surface area contributed by atoms with Crippen molar-refractivity contribution in [3.63, 3.8) is 0 Å². The van der Waals surface area contributed by atoms with Crippen LogP contribution in [0.5, 0.6) is 5.75 Å². The molecule has 0 aliphatic carbocycles. The molecule has 0 fully saturated rings. The highest BCUT2D eigenvalue weighted by atomic mass is 16.5. The summed E-state index contributed by atoms with van der Waals surface area (Å²) in [6.07, 6.45) is 0.0140. The van der Waals surface area contributed by atoms with Gasteiger partial charge in [-0.3, -0.25) is 14.5 Å². The Kier molecular flexibility index (Phi) is 6.68. The average Bonchev–Trinajstić information content (AvgIpc) is 2.43. The number of carboxylic acid groups (broad SMARTS) is 1. The second kappa shape index (κ2) is 8.26. The minimum absolute atomic E-state index is 0.0140. The predicted octanol–water partition coefficient (Wildman–Crippen LogP) is 1.82. The fraction of sp³-hybridized carbons (Fsp3) is 0.467. The van der Waals surface area contributed by atoms with Crippen molar-refractivity contribution >= 4 is 17.6 Å². The van der Waals surface area contributed by atoms with Crippen LogP contribution in [0.4, 0.5) is 5.69 Å². The Labute approximate surface area is 124 Å². The van der Waals surface area contributed by atoms with Gasteiger partial charge in [0, 0.05) is 12.6 Å². The Bertz CT molecular complexity index is 488. The zero-order chi connectivity index (χ0) is 15.8. The van der Waals surface area contributed by atoms with Gasteiger partial charge in [0.05, 0.1) is 25.8 Å². The van der Waals surface area contributed by atoms with Gasteiger partial charge in [0.1, 0.15) is 5.75 Å². The predicted molar refractivity (Wildman–Crippen MR) is 80.6 cm³/mol. The van der Waals surface area contributed by atoms with E-state index in [-0.39, 0.29) is 24.9 Å². The molecule has 116 valence electrons. The number of rotatable bonds is 8. The first-order valence-corrected chi connectivity index (χ1v) is 6.82. The third-order valence-electron chi connectivity index (χ3n) is 3.07.